The van der Waals surface area contributed by atoms with Crippen molar-refractivity contribution in [3.8, 4) is 5.75 Å². The summed E-state index contributed by atoms with van der Waals surface area (Å²) in [6.45, 7) is 5.84. The molecule has 0 aromatic heterocycles. The van der Waals surface area contributed by atoms with Crippen LogP contribution in [-0.4, -0.2) is 51.4 Å². The number of rotatable bonds is 14. The lowest BCUT2D eigenvalue weighted by Gasteiger charge is -2.33. The molecule has 3 rings (SSSR count). The minimum Gasteiger partial charge on any atom is -0.497 e. The molecule has 3 aromatic carbocycles. The van der Waals surface area contributed by atoms with Gasteiger partial charge in [0.25, 0.3) is 10.0 Å². The summed E-state index contributed by atoms with van der Waals surface area (Å²) in [5, 5.41) is 3.32. The Kier molecular flexibility index (Phi) is 11.6. The molecule has 0 saturated carbocycles. The molecule has 1 N–H and O–H groups in total. The Bertz CT molecular complexity index is 1410. The molecule has 0 radical (unpaired) electrons. The lowest BCUT2D eigenvalue weighted by Crippen LogP contribution is -2.52. The van der Waals surface area contributed by atoms with E-state index in [0.717, 1.165) is 28.3 Å². The Morgan fingerprint density at radius 1 is 1.00 bits per heavy atom. The molecular weight excluding hydrogens is 562 g/mol. The van der Waals surface area contributed by atoms with Crippen molar-refractivity contribution in [1.29, 1.82) is 0 Å². The Labute approximate surface area is 248 Å². The Balaban J connectivity index is 2.04. The van der Waals surface area contributed by atoms with Crippen LogP contribution in [0, 0.1) is 6.92 Å². The Morgan fingerprint density at radius 3 is 2.29 bits per heavy atom. The fourth-order valence-electron chi connectivity index (χ4n) is 4.37. The van der Waals surface area contributed by atoms with Crippen molar-refractivity contribution in [1.82, 2.24) is 10.2 Å². The number of sulfonamides is 1. The van der Waals surface area contributed by atoms with Gasteiger partial charge in [-0.2, -0.15) is 0 Å². The van der Waals surface area contributed by atoms with Crippen LogP contribution in [0.3, 0.4) is 0 Å². The van der Waals surface area contributed by atoms with Gasteiger partial charge in [0.1, 0.15) is 18.3 Å². The normalized spacial score (nSPS) is 11.9. The average molecular weight is 600 g/mol. The summed E-state index contributed by atoms with van der Waals surface area (Å²) in [6, 6.07) is 19.1. The van der Waals surface area contributed by atoms with Gasteiger partial charge < -0.3 is 15.0 Å². The van der Waals surface area contributed by atoms with Crippen molar-refractivity contribution in [2.24, 2.45) is 0 Å². The van der Waals surface area contributed by atoms with Crippen LogP contribution in [0.1, 0.15) is 44.2 Å². The van der Waals surface area contributed by atoms with E-state index in [4.69, 9.17) is 16.3 Å². The molecule has 0 bridgehead atoms. The van der Waals surface area contributed by atoms with E-state index in [2.05, 4.69) is 5.32 Å². The third-order valence-electron chi connectivity index (χ3n) is 6.71. The van der Waals surface area contributed by atoms with Gasteiger partial charge in [-0.15, -0.1) is 0 Å². The molecule has 0 fully saturated rings. The van der Waals surface area contributed by atoms with Crippen LogP contribution in [0.25, 0.3) is 0 Å². The van der Waals surface area contributed by atoms with E-state index in [0.29, 0.717) is 29.4 Å². The van der Waals surface area contributed by atoms with Crippen molar-refractivity contribution < 1.29 is 22.7 Å². The van der Waals surface area contributed by atoms with Crippen LogP contribution >= 0.6 is 11.6 Å². The van der Waals surface area contributed by atoms with E-state index >= 15 is 0 Å². The molecule has 0 spiro atoms. The summed E-state index contributed by atoms with van der Waals surface area (Å²) in [5.41, 5.74) is 2.03. The fraction of sp³-hybridized carbons (Fsp3) is 0.355. The van der Waals surface area contributed by atoms with Crippen molar-refractivity contribution >= 4 is 39.1 Å². The number of hydrogen-bond donors (Lipinski definition) is 1. The first-order chi connectivity index (χ1) is 19.6. The van der Waals surface area contributed by atoms with E-state index < -0.39 is 28.5 Å². The van der Waals surface area contributed by atoms with Gasteiger partial charge in [-0.3, -0.25) is 13.9 Å². The van der Waals surface area contributed by atoms with Crippen LogP contribution in [0.4, 0.5) is 5.69 Å². The molecule has 0 saturated heterocycles. The Morgan fingerprint density at radius 2 is 1.68 bits per heavy atom. The largest absolute Gasteiger partial charge is 0.497 e. The topological polar surface area (TPSA) is 96.0 Å². The van der Waals surface area contributed by atoms with E-state index in [1.165, 1.54) is 29.2 Å². The number of benzene rings is 3. The smallest absolute Gasteiger partial charge is 0.264 e. The van der Waals surface area contributed by atoms with Crippen molar-refractivity contribution in [2.45, 2.75) is 57.5 Å². The van der Waals surface area contributed by atoms with E-state index in [9.17, 15) is 18.0 Å². The molecule has 1 atom stereocenters. The number of nitrogens with zero attached hydrogens (tertiary/aromatic N) is 2. The van der Waals surface area contributed by atoms with Crippen LogP contribution in [0.5, 0.6) is 5.75 Å². The van der Waals surface area contributed by atoms with Crippen molar-refractivity contribution in [2.75, 3.05) is 24.5 Å². The standard InChI is InChI=1S/C31H38ClN3O5S/c1-5-7-19-33-31(37)29(6-2)34(21-24-9-8-10-27(20-24)40-4)30(36)22-35(26-15-11-23(3)12-16-26)41(38,39)28-17-13-25(32)14-18-28/h8-18,20,29H,5-7,19,21-22H2,1-4H3,(H,33,37)/t29-/m1/s1. The van der Waals surface area contributed by atoms with E-state index in [-0.39, 0.29) is 17.3 Å². The van der Waals surface area contributed by atoms with Gasteiger partial charge in [0.2, 0.25) is 11.8 Å². The molecule has 41 heavy (non-hydrogen) atoms. The number of nitrogens with one attached hydrogen (secondary N) is 1. The molecular formula is C31H38ClN3O5S. The second kappa shape index (κ2) is 14.9. The fourth-order valence-corrected chi connectivity index (χ4v) is 5.91. The third-order valence-corrected chi connectivity index (χ3v) is 8.75. The zero-order valence-electron chi connectivity index (χ0n) is 24.0. The number of carbonyl (C=O) groups is 2. The highest BCUT2D eigenvalue weighted by molar-refractivity contribution is 7.92. The summed E-state index contributed by atoms with van der Waals surface area (Å²) in [4.78, 5) is 28.8. The molecule has 3 aromatic rings. The number of anilines is 1. The predicted molar refractivity (Wildman–Crippen MR) is 163 cm³/mol. The highest BCUT2D eigenvalue weighted by atomic mass is 35.5. The molecule has 10 heteroatoms. The van der Waals surface area contributed by atoms with Gasteiger partial charge >= 0.3 is 0 Å². The first kappa shape index (κ1) is 32.0. The number of unbranched alkanes of at least 4 members (excludes halogenated alkanes) is 1. The van der Waals surface area contributed by atoms with Gasteiger partial charge in [0, 0.05) is 18.1 Å². The third kappa shape index (κ3) is 8.47. The zero-order chi connectivity index (χ0) is 30.0. The number of amides is 2. The molecule has 8 nitrogen and oxygen atoms in total. The lowest BCUT2D eigenvalue weighted by atomic mass is 10.1. The van der Waals surface area contributed by atoms with Gasteiger partial charge in [-0.25, -0.2) is 8.42 Å². The summed E-state index contributed by atoms with van der Waals surface area (Å²) in [7, 11) is -2.60. The first-order valence-electron chi connectivity index (χ1n) is 13.7. The maximum atomic E-state index is 14.1. The first-order valence-corrected chi connectivity index (χ1v) is 15.5. The van der Waals surface area contributed by atoms with Gasteiger partial charge in [0.05, 0.1) is 17.7 Å². The predicted octanol–water partition coefficient (Wildman–Crippen LogP) is 5.58. The number of aryl methyl sites for hydroxylation is 1. The summed E-state index contributed by atoms with van der Waals surface area (Å²) in [5.74, 6) is -0.176. The van der Waals surface area contributed by atoms with Crippen LogP contribution in [0.15, 0.2) is 77.7 Å². The molecule has 0 aliphatic heterocycles. The number of methoxy groups -OCH3 is 1. The van der Waals surface area contributed by atoms with Crippen LogP contribution in [-0.2, 0) is 26.2 Å². The number of hydrogen-bond acceptors (Lipinski definition) is 5. The highest BCUT2D eigenvalue weighted by Crippen LogP contribution is 2.26. The lowest BCUT2D eigenvalue weighted by molar-refractivity contribution is -0.140. The second-order valence-electron chi connectivity index (χ2n) is 9.74. The number of halogens is 1. The number of ether oxygens (including phenoxy) is 1. The minimum absolute atomic E-state index is 0.000953. The monoisotopic (exact) mass is 599 g/mol. The second-order valence-corrected chi connectivity index (χ2v) is 12.0. The highest BCUT2D eigenvalue weighted by Gasteiger charge is 2.33. The SMILES string of the molecule is CCCCNC(=O)[C@@H](CC)N(Cc1cccc(OC)c1)C(=O)CN(c1ccc(C)cc1)S(=O)(=O)c1ccc(Cl)cc1. The summed E-state index contributed by atoms with van der Waals surface area (Å²) < 4.78 is 34.2. The summed E-state index contributed by atoms with van der Waals surface area (Å²) >= 11 is 6.01. The van der Waals surface area contributed by atoms with E-state index in [1.807, 2.05) is 32.9 Å². The maximum absolute atomic E-state index is 14.1. The average Bonchev–Trinajstić information content (AvgIpc) is 2.96. The van der Waals surface area contributed by atoms with Gasteiger partial charge in [-0.05, 0) is 73.9 Å². The maximum Gasteiger partial charge on any atom is 0.264 e. The summed E-state index contributed by atoms with van der Waals surface area (Å²) in [6.07, 6.45) is 2.08. The quantitative estimate of drug-likeness (QED) is 0.244. The molecule has 220 valence electrons. The molecule has 0 unspecified atom stereocenters. The van der Waals surface area contributed by atoms with Crippen LogP contribution < -0.4 is 14.4 Å². The van der Waals surface area contributed by atoms with Crippen LogP contribution in [0.2, 0.25) is 5.02 Å². The van der Waals surface area contributed by atoms with Crippen molar-refractivity contribution in [3.05, 3.63) is 88.9 Å². The van der Waals surface area contributed by atoms with Gasteiger partial charge in [0.15, 0.2) is 0 Å². The molecule has 0 heterocycles. The zero-order valence-corrected chi connectivity index (χ0v) is 25.5. The van der Waals surface area contributed by atoms with Crippen molar-refractivity contribution in [3.63, 3.8) is 0 Å². The van der Waals surface area contributed by atoms with Gasteiger partial charge in [-0.1, -0.05) is 61.7 Å². The molecule has 0 aliphatic rings. The minimum atomic E-state index is -4.16. The number of carbonyl (C=O) groups excluding carboxylic acids is 2. The Hall–Kier alpha value is -3.56. The van der Waals surface area contributed by atoms with E-state index in [1.54, 1.807) is 43.5 Å². The molecule has 2 amide bonds. The molecule has 0 aliphatic carbocycles.